The summed E-state index contributed by atoms with van der Waals surface area (Å²) in [6.07, 6.45) is 0. The summed E-state index contributed by atoms with van der Waals surface area (Å²) < 4.78 is 36.7. The fraction of sp³-hybridized carbons (Fsp3) is 0.133. The van der Waals surface area contributed by atoms with Crippen molar-refractivity contribution < 1.29 is 23.0 Å². The van der Waals surface area contributed by atoms with Gasteiger partial charge in [-0.15, -0.1) is 0 Å². The maximum absolute atomic E-state index is 13.5. The van der Waals surface area contributed by atoms with Gasteiger partial charge in [-0.25, -0.2) is 8.78 Å². The topological polar surface area (TPSA) is 47.6 Å². The third-order valence-corrected chi connectivity index (χ3v) is 2.82. The quantitative estimate of drug-likeness (QED) is 0.941. The smallest absolute Gasteiger partial charge is 0.255 e. The van der Waals surface area contributed by atoms with Crippen LogP contribution in [0.15, 0.2) is 36.4 Å². The molecule has 110 valence electrons. The van der Waals surface area contributed by atoms with E-state index in [0.29, 0.717) is 11.5 Å². The van der Waals surface area contributed by atoms with Crippen LogP contribution in [0.25, 0.3) is 0 Å². The largest absolute Gasteiger partial charge is 0.493 e. The average Bonchev–Trinajstić information content (AvgIpc) is 2.50. The number of halogens is 2. The molecule has 0 aromatic heterocycles. The molecule has 0 saturated carbocycles. The summed E-state index contributed by atoms with van der Waals surface area (Å²) in [4.78, 5) is 12.0. The van der Waals surface area contributed by atoms with Crippen molar-refractivity contribution in [3.63, 3.8) is 0 Å². The van der Waals surface area contributed by atoms with E-state index in [-0.39, 0.29) is 11.3 Å². The van der Waals surface area contributed by atoms with Gasteiger partial charge in [0.25, 0.3) is 5.91 Å². The second-order valence-corrected chi connectivity index (χ2v) is 4.15. The van der Waals surface area contributed by atoms with Gasteiger partial charge in [0.15, 0.2) is 11.5 Å². The van der Waals surface area contributed by atoms with Gasteiger partial charge >= 0.3 is 0 Å². The van der Waals surface area contributed by atoms with Gasteiger partial charge in [0, 0.05) is 11.6 Å². The van der Waals surface area contributed by atoms with Crippen molar-refractivity contribution in [3.8, 4) is 11.5 Å². The monoisotopic (exact) mass is 293 g/mol. The second-order valence-electron chi connectivity index (χ2n) is 4.15. The van der Waals surface area contributed by atoms with Gasteiger partial charge in [-0.1, -0.05) is 0 Å². The summed E-state index contributed by atoms with van der Waals surface area (Å²) in [6.45, 7) is 0. The standard InChI is InChI=1S/C15H13F2NO3/c1-20-13-6-3-9(7-14(13)21-2)15(19)18-12-8-10(16)4-5-11(12)17/h3-8H,1-2H3,(H,18,19). The van der Waals surface area contributed by atoms with Crippen molar-refractivity contribution in [2.75, 3.05) is 19.5 Å². The molecule has 0 saturated heterocycles. The number of carbonyl (C=O) groups excluding carboxylic acids is 1. The number of nitrogens with one attached hydrogen (secondary N) is 1. The molecule has 0 fully saturated rings. The van der Waals surface area contributed by atoms with Crippen LogP contribution in [-0.4, -0.2) is 20.1 Å². The highest BCUT2D eigenvalue weighted by atomic mass is 19.1. The first-order chi connectivity index (χ1) is 10.0. The molecule has 2 aromatic carbocycles. The molecule has 0 aliphatic carbocycles. The molecular formula is C15H13F2NO3. The van der Waals surface area contributed by atoms with E-state index >= 15 is 0 Å². The summed E-state index contributed by atoms with van der Waals surface area (Å²) >= 11 is 0. The highest BCUT2D eigenvalue weighted by Crippen LogP contribution is 2.28. The zero-order valence-electron chi connectivity index (χ0n) is 11.4. The van der Waals surface area contributed by atoms with Crippen molar-refractivity contribution in [1.82, 2.24) is 0 Å². The van der Waals surface area contributed by atoms with E-state index in [9.17, 15) is 13.6 Å². The molecule has 1 amide bonds. The Morgan fingerprint density at radius 2 is 1.71 bits per heavy atom. The van der Waals surface area contributed by atoms with Gasteiger partial charge in [-0.05, 0) is 30.3 Å². The van der Waals surface area contributed by atoms with Crippen LogP contribution in [0.4, 0.5) is 14.5 Å². The van der Waals surface area contributed by atoms with Crippen molar-refractivity contribution >= 4 is 11.6 Å². The van der Waals surface area contributed by atoms with E-state index in [0.717, 1.165) is 18.2 Å². The fourth-order valence-corrected chi connectivity index (χ4v) is 1.77. The molecule has 0 spiro atoms. The highest BCUT2D eigenvalue weighted by Gasteiger charge is 2.13. The summed E-state index contributed by atoms with van der Waals surface area (Å²) in [5, 5.41) is 2.31. The molecular weight excluding hydrogens is 280 g/mol. The predicted octanol–water partition coefficient (Wildman–Crippen LogP) is 3.23. The van der Waals surface area contributed by atoms with E-state index in [1.165, 1.54) is 26.4 Å². The summed E-state index contributed by atoms with van der Waals surface area (Å²) in [5.74, 6) is -1.11. The molecule has 0 radical (unpaired) electrons. The Balaban J connectivity index is 2.26. The average molecular weight is 293 g/mol. The molecule has 0 aliphatic heterocycles. The Labute approximate surface area is 120 Å². The molecule has 21 heavy (non-hydrogen) atoms. The third-order valence-electron chi connectivity index (χ3n) is 2.82. The Bertz CT molecular complexity index is 674. The van der Waals surface area contributed by atoms with Gasteiger partial charge in [0.2, 0.25) is 0 Å². The number of hydrogen-bond donors (Lipinski definition) is 1. The van der Waals surface area contributed by atoms with Crippen molar-refractivity contribution in [2.24, 2.45) is 0 Å². The second kappa shape index (κ2) is 6.21. The van der Waals surface area contributed by atoms with Crippen molar-refractivity contribution in [2.45, 2.75) is 0 Å². The van der Waals surface area contributed by atoms with Crippen molar-refractivity contribution in [3.05, 3.63) is 53.6 Å². The first-order valence-electron chi connectivity index (χ1n) is 6.03. The van der Waals surface area contributed by atoms with Gasteiger partial charge < -0.3 is 14.8 Å². The first-order valence-corrected chi connectivity index (χ1v) is 6.03. The lowest BCUT2D eigenvalue weighted by molar-refractivity contribution is 0.102. The zero-order chi connectivity index (χ0) is 15.4. The van der Waals surface area contributed by atoms with E-state index in [2.05, 4.69) is 5.32 Å². The van der Waals surface area contributed by atoms with Crippen LogP contribution in [0.1, 0.15) is 10.4 Å². The number of amides is 1. The molecule has 1 N–H and O–H groups in total. The molecule has 0 unspecified atom stereocenters. The normalized spacial score (nSPS) is 10.1. The number of methoxy groups -OCH3 is 2. The number of carbonyl (C=O) groups is 1. The Hall–Kier alpha value is -2.63. The molecule has 2 rings (SSSR count). The Morgan fingerprint density at radius 1 is 1.00 bits per heavy atom. The van der Waals surface area contributed by atoms with Crippen LogP contribution < -0.4 is 14.8 Å². The molecule has 0 aliphatic rings. The third kappa shape index (κ3) is 3.28. The summed E-state index contributed by atoms with van der Waals surface area (Å²) in [7, 11) is 2.91. The number of rotatable bonds is 4. The fourth-order valence-electron chi connectivity index (χ4n) is 1.77. The number of benzene rings is 2. The molecule has 2 aromatic rings. The number of ether oxygens (including phenoxy) is 2. The lowest BCUT2D eigenvalue weighted by Crippen LogP contribution is -2.13. The van der Waals surface area contributed by atoms with E-state index in [4.69, 9.17) is 9.47 Å². The lowest BCUT2D eigenvalue weighted by Gasteiger charge is -2.10. The van der Waals surface area contributed by atoms with Gasteiger partial charge in [0.05, 0.1) is 19.9 Å². The Kier molecular flexibility index (Phi) is 4.37. The SMILES string of the molecule is COc1ccc(C(=O)Nc2cc(F)ccc2F)cc1OC. The maximum Gasteiger partial charge on any atom is 0.255 e. The minimum atomic E-state index is -0.717. The van der Waals surface area contributed by atoms with Crippen LogP contribution in [0.2, 0.25) is 0 Å². The maximum atomic E-state index is 13.5. The van der Waals surface area contributed by atoms with Crippen LogP contribution in [0.5, 0.6) is 11.5 Å². The first kappa shape index (κ1) is 14.8. The van der Waals surface area contributed by atoms with Gasteiger partial charge in [-0.2, -0.15) is 0 Å². The van der Waals surface area contributed by atoms with Crippen molar-refractivity contribution in [1.29, 1.82) is 0 Å². The lowest BCUT2D eigenvalue weighted by atomic mass is 10.1. The molecule has 6 heteroatoms. The van der Waals surface area contributed by atoms with E-state index in [1.54, 1.807) is 6.07 Å². The van der Waals surface area contributed by atoms with Gasteiger partial charge in [-0.3, -0.25) is 4.79 Å². The number of hydrogen-bond acceptors (Lipinski definition) is 3. The van der Waals surface area contributed by atoms with E-state index < -0.39 is 17.5 Å². The van der Waals surface area contributed by atoms with Crippen LogP contribution in [0.3, 0.4) is 0 Å². The Morgan fingerprint density at radius 3 is 2.38 bits per heavy atom. The summed E-state index contributed by atoms with van der Waals surface area (Å²) in [5.41, 5.74) is 0.00564. The van der Waals surface area contributed by atoms with Gasteiger partial charge in [0.1, 0.15) is 11.6 Å². The predicted molar refractivity (Wildman–Crippen MR) is 73.9 cm³/mol. The minimum absolute atomic E-state index is 0.227. The zero-order valence-corrected chi connectivity index (χ0v) is 11.4. The van der Waals surface area contributed by atoms with Crippen LogP contribution >= 0.6 is 0 Å². The number of anilines is 1. The van der Waals surface area contributed by atoms with E-state index in [1.807, 2.05) is 0 Å². The molecule has 4 nitrogen and oxygen atoms in total. The minimum Gasteiger partial charge on any atom is -0.493 e. The van der Waals surface area contributed by atoms with Crippen LogP contribution in [-0.2, 0) is 0 Å². The summed E-state index contributed by atoms with van der Waals surface area (Å²) in [6, 6.07) is 7.32. The van der Waals surface area contributed by atoms with Crippen LogP contribution in [0, 0.1) is 11.6 Å². The molecule has 0 heterocycles. The highest BCUT2D eigenvalue weighted by molar-refractivity contribution is 6.04. The molecule has 0 atom stereocenters. The molecule has 0 bridgehead atoms.